The van der Waals surface area contributed by atoms with Gasteiger partial charge in [0.2, 0.25) is 0 Å². The second-order valence-corrected chi connectivity index (χ2v) is 4.58. The molecule has 0 fully saturated rings. The molecule has 0 aromatic rings. The van der Waals surface area contributed by atoms with E-state index in [0.717, 1.165) is 0 Å². The number of hydrogen-bond donors (Lipinski definition) is 1. The van der Waals surface area contributed by atoms with Crippen molar-refractivity contribution in [3.05, 3.63) is 0 Å². The third kappa shape index (κ3) is 1.92. The maximum Gasteiger partial charge on any atom is 0.174 e. The van der Waals surface area contributed by atoms with E-state index in [9.17, 15) is 4.21 Å². The highest BCUT2D eigenvalue weighted by atomic mass is 32.2. The lowest BCUT2D eigenvalue weighted by molar-refractivity contribution is 0.511. The summed E-state index contributed by atoms with van der Waals surface area (Å²) in [5.41, 5.74) is 0. The molecule has 0 amide bonds. The first-order valence-electron chi connectivity index (χ1n) is 2.52. The van der Waals surface area contributed by atoms with E-state index < -0.39 is 10.1 Å². The van der Waals surface area contributed by atoms with Crippen molar-refractivity contribution in [2.75, 3.05) is 28.2 Å². The summed E-state index contributed by atoms with van der Waals surface area (Å²) in [5.74, 6) is 0. The Kier molecular flexibility index (Phi) is 2.60. The summed E-state index contributed by atoms with van der Waals surface area (Å²) in [6.07, 6.45) is 0. The van der Waals surface area contributed by atoms with Gasteiger partial charge in [-0.25, -0.2) is 17.6 Å². The molecule has 1 N–H and O–H groups in total. The average molecular weight is 151 g/mol. The van der Waals surface area contributed by atoms with E-state index in [0.29, 0.717) is 0 Å². The van der Waals surface area contributed by atoms with Gasteiger partial charge in [0.25, 0.3) is 0 Å². The molecule has 0 aromatic heterocycles. The van der Waals surface area contributed by atoms with Gasteiger partial charge < -0.3 is 0 Å². The minimum Gasteiger partial charge on any atom is -0.227 e. The van der Waals surface area contributed by atoms with Gasteiger partial charge >= 0.3 is 0 Å². The predicted octanol–water partition coefficient (Wildman–Crippen LogP) is -0.0136. The van der Waals surface area contributed by atoms with Crippen molar-refractivity contribution in [1.82, 2.24) is 8.61 Å². The van der Waals surface area contributed by atoms with Gasteiger partial charge in [-0.05, 0) is 0 Å². The molecule has 9 heavy (non-hydrogen) atoms. The summed E-state index contributed by atoms with van der Waals surface area (Å²) < 4.78 is 21.1. The van der Waals surface area contributed by atoms with Crippen molar-refractivity contribution >= 4 is 10.1 Å². The Balaban J connectivity index is 4.42. The molecule has 0 saturated heterocycles. The van der Waals surface area contributed by atoms with Crippen LogP contribution in [0.1, 0.15) is 0 Å². The van der Waals surface area contributed by atoms with Crippen molar-refractivity contribution in [2.45, 2.75) is 0 Å². The summed E-state index contributed by atoms with van der Waals surface area (Å²) >= 11 is 0. The Labute approximate surface area is 56.7 Å². The summed E-state index contributed by atoms with van der Waals surface area (Å²) in [5, 5.41) is 0. The Hall–Kier alpha value is -0.130. The molecule has 0 atom stereocenters. The zero-order valence-corrected chi connectivity index (χ0v) is 7.03. The lowest BCUT2D eigenvalue weighted by Gasteiger charge is -2.19. The summed E-state index contributed by atoms with van der Waals surface area (Å²) in [6.45, 7) is 0. The van der Waals surface area contributed by atoms with Crippen LogP contribution in [-0.4, -0.2) is 41.0 Å². The highest BCUT2D eigenvalue weighted by Crippen LogP contribution is 1.96. The molecule has 0 spiro atoms. The van der Waals surface area contributed by atoms with E-state index in [1.54, 1.807) is 28.2 Å². The van der Waals surface area contributed by atoms with Crippen LogP contribution in [0.2, 0.25) is 0 Å². The van der Waals surface area contributed by atoms with E-state index >= 15 is 0 Å². The van der Waals surface area contributed by atoms with Crippen LogP contribution >= 0.6 is 0 Å². The SMILES string of the molecule is CN(C)S(=N)(=O)N(C)C. The van der Waals surface area contributed by atoms with Gasteiger partial charge in [-0.15, -0.1) is 0 Å². The van der Waals surface area contributed by atoms with Crippen molar-refractivity contribution in [3.8, 4) is 0 Å². The van der Waals surface area contributed by atoms with Crippen molar-refractivity contribution < 1.29 is 4.21 Å². The Morgan fingerprint density at radius 2 is 1.33 bits per heavy atom. The first-order valence-corrected chi connectivity index (χ1v) is 4.00. The fourth-order valence-corrected chi connectivity index (χ4v) is 0.980. The van der Waals surface area contributed by atoms with Crippen molar-refractivity contribution in [2.24, 2.45) is 0 Å². The molecule has 0 bridgehead atoms. The molecular formula is C4H13N3OS. The fourth-order valence-electron chi connectivity index (χ4n) is 0.327. The molecule has 5 heteroatoms. The molecule has 0 heterocycles. The van der Waals surface area contributed by atoms with Crippen LogP contribution in [0.4, 0.5) is 0 Å². The van der Waals surface area contributed by atoms with Gasteiger partial charge in [0.15, 0.2) is 10.1 Å². The second-order valence-electron chi connectivity index (χ2n) is 2.12. The highest BCUT2D eigenvalue weighted by Gasteiger charge is 2.10. The van der Waals surface area contributed by atoms with E-state index in [1.807, 2.05) is 0 Å². The Bertz CT molecular complexity index is 156. The smallest absolute Gasteiger partial charge is 0.174 e. The van der Waals surface area contributed by atoms with E-state index in [4.69, 9.17) is 4.78 Å². The maximum absolute atomic E-state index is 11.1. The van der Waals surface area contributed by atoms with Gasteiger partial charge in [-0.3, -0.25) is 0 Å². The highest BCUT2D eigenvalue weighted by molar-refractivity contribution is 7.87. The molecule has 0 aromatic carbocycles. The molecule has 0 aliphatic heterocycles. The van der Waals surface area contributed by atoms with E-state index in [-0.39, 0.29) is 0 Å². The Morgan fingerprint density at radius 1 is 1.11 bits per heavy atom. The topological polar surface area (TPSA) is 47.4 Å². The average Bonchev–Trinajstić information content (AvgIpc) is 1.65. The molecule has 4 nitrogen and oxygen atoms in total. The number of hydrogen-bond acceptors (Lipinski definition) is 2. The summed E-state index contributed by atoms with van der Waals surface area (Å²) in [4.78, 5) is 0. The molecule has 0 radical (unpaired) electrons. The summed E-state index contributed by atoms with van der Waals surface area (Å²) in [6, 6.07) is 0. The monoisotopic (exact) mass is 151 g/mol. The molecular weight excluding hydrogens is 138 g/mol. The number of rotatable bonds is 2. The molecule has 0 unspecified atom stereocenters. The van der Waals surface area contributed by atoms with Gasteiger partial charge in [0.1, 0.15) is 0 Å². The zero-order chi connectivity index (χ0) is 7.65. The van der Waals surface area contributed by atoms with Gasteiger partial charge in [0.05, 0.1) is 0 Å². The Morgan fingerprint density at radius 3 is 1.33 bits per heavy atom. The van der Waals surface area contributed by atoms with Crippen LogP contribution in [0.15, 0.2) is 0 Å². The molecule has 0 aliphatic carbocycles. The molecule has 0 rings (SSSR count). The first-order chi connectivity index (χ1) is 3.89. The standard InChI is InChI=1S/C4H13N3OS/c1-6(2)9(5,8)7(3)4/h5H,1-4H3. The third-order valence-corrected chi connectivity index (χ3v) is 2.97. The van der Waals surface area contributed by atoms with Gasteiger partial charge in [-0.2, -0.15) is 0 Å². The molecule has 56 valence electrons. The van der Waals surface area contributed by atoms with Crippen LogP contribution in [0.5, 0.6) is 0 Å². The van der Waals surface area contributed by atoms with Gasteiger partial charge in [-0.1, -0.05) is 0 Å². The zero-order valence-electron chi connectivity index (χ0n) is 6.21. The lowest BCUT2D eigenvalue weighted by atomic mass is 11.3. The van der Waals surface area contributed by atoms with Crippen LogP contribution in [0.3, 0.4) is 0 Å². The van der Waals surface area contributed by atoms with Crippen LogP contribution in [-0.2, 0) is 10.1 Å². The van der Waals surface area contributed by atoms with Crippen molar-refractivity contribution in [1.29, 1.82) is 4.78 Å². The fraction of sp³-hybridized carbons (Fsp3) is 1.00. The lowest BCUT2D eigenvalue weighted by Crippen LogP contribution is -2.33. The first kappa shape index (κ1) is 8.87. The van der Waals surface area contributed by atoms with Crippen molar-refractivity contribution in [3.63, 3.8) is 0 Å². The molecule has 0 saturated carbocycles. The van der Waals surface area contributed by atoms with Crippen LogP contribution in [0, 0.1) is 4.78 Å². The number of nitrogens with zero attached hydrogens (tertiary/aromatic N) is 2. The minimum atomic E-state index is -2.65. The normalized spacial score (nSPS) is 13.1. The van der Waals surface area contributed by atoms with E-state index in [1.165, 1.54) is 8.61 Å². The second kappa shape index (κ2) is 2.64. The third-order valence-electron chi connectivity index (χ3n) is 0.990. The van der Waals surface area contributed by atoms with Crippen LogP contribution < -0.4 is 0 Å². The minimum absolute atomic E-state index is 1.38. The molecule has 0 aliphatic rings. The van der Waals surface area contributed by atoms with E-state index in [2.05, 4.69) is 0 Å². The van der Waals surface area contributed by atoms with Crippen LogP contribution in [0.25, 0.3) is 0 Å². The maximum atomic E-state index is 11.1. The number of nitrogens with one attached hydrogen (secondary N) is 1. The predicted molar refractivity (Wildman–Crippen MR) is 38.2 cm³/mol. The quantitative estimate of drug-likeness (QED) is 0.592. The largest absolute Gasteiger partial charge is 0.227 e. The summed E-state index contributed by atoms with van der Waals surface area (Å²) in [7, 11) is 3.83. The van der Waals surface area contributed by atoms with Gasteiger partial charge in [0, 0.05) is 28.2 Å².